The molecule has 1 amide bonds. The zero-order chi connectivity index (χ0) is 16.9. The molecule has 126 valence electrons. The SMILES string of the molecule is Cc1cc(Nc2cnccn2)nc([C@H]2CCCN(CC(N)=O)C2)n1. The Balaban J connectivity index is 1.76. The highest BCUT2D eigenvalue weighted by molar-refractivity contribution is 5.75. The van der Waals surface area contributed by atoms with Gasteiger partial charge in [0, 0.05) is 36.6 Å². The summed E-state index contributed by atoms with van der Waals surface area (Å²) in [6.07, 6.45) is 6.90. The van der Waals surface area contributed by atoms with Crippen LogP contribution >= 0.6 is 0 Å². The van der Waals surface area contributed by atoms with Crippen LogP contribution in [-0.2, 0) is 4.79 Å². The lowest BCUT2D eigenvalue weighted by Crippen LogP contribution is -2.40. The van der Waals surface area contributed by atoms with Crippen molar-refractivity contribution in [3.63, 3.8) is 0 Å². The molecule has 0 aromatic carbocycles. The zero-order valence-electron chi connectivity index (χ0n) is 13.6. The summed E-state index contributed by atoms with van der Waals surface area (Å²) in [6, 6.07) is 1.88. The largest absolute Gasteiger partial charge is 0.369 e. The molecule has 2 aromatic rings. The molecular weight excluding hydrogens is 306 g/mol. The Hall–Kier alpha value is -2.61. The summed E-state index contributed by atoms with van der Waals surface area (Å²) < 4.78 is 0. The van der Waals surface area contributed by atoms with Crippen LogP contribution in [0.2, 0.25) is 0 Å². The molecule has 0 aliphatic carbocycles. The maximum atomic E-state index is 11.1. The molecule has 0 spiro atoms. The number of piperidine rings is 1. The molecule has 1 aliphatic heterocycles. The number of primary amides is 1. The summed E-state index contributed by atoms with van der Waals surface area (Å²) >= 11 is 0. The number of hydrogen-bond donors (Lipinski definition) is 2. The van der Waals surface area contributed by atoms with Gasteiger partial charge in [0.25, 0.3) is 0 Å². The lowest BCUT2D eigenvalue weighted by Gasteiger charge is -2.31. The number of carbonyl (C=O) groups excluding carboxylic acids is 1. The maximum absolute atomic E-state index is 11.1. The summed E-state index contributed by atoms with van der Waals surface area (Å²) in [5, 5.41) is 3.16. The maximum Gasteiger partial charge on any atom is 0.231 e. The van der Waals surface area contributed by atoms with Gasteiger partial charge in [0.05, 0.1) is 12.7 Å². The Kier molecular flexibility index (Phi) is 4.95. The standard InChI is InChI=1S/C16H21N7O/c1-11-7-14(21-15-8-18-4-5-19-15)22-16(20-11)12-3-2-6-23(9-12)10-13(17)24/h4-5,7-8,12H,2-3,6,9-10H2,1H3,(H2,17,24)(H,19,20,21,22)/t12-/m0/s1. The first kappa shape index (κ1) is 16.3. The van der Waals surface area contributed by atoms with Gasteiger partial charge in [-0.2, -0.15) is 0 Å². The third kappa shape index (κ3) is 4.23. The van der Waals surface area contributed by atoms with Crippen molar-refractivity contribution < 1.29 is 4.79 Å². The van der Waals surface area contributed by atoms with Crippen LogP contribution in [0.3, 0.4) is 0 Å². The number of rotatable bonds is 5. The number of hydrogen-bond acceptors (Lipinski definition) is 7. The second-order valence-electron chi connectivity index (χ2n) is 6.01. The number of carbonyl (C=O) groups is 1. The van der Waals surface area contributed by atoms with Gasteiger partial charge in [-0.3, -0.25) is 14.7 Å². The number of nitrogens with one attached hydrogen (secondary N) is 1. The highest BCUT2D eigenvalue weighted by atomic mass is 16.1. The smallest absolute Gasteiger partial charge is 0.231 e. The van der Waals surface area contributed by atoms with Crippen molar-refractivity contribution >= 4 is 17.5 Å². The highest BCUT2D eigenvalue weighted by Crippen LogP contribution is 2.26. The Morgan fingerprint density at radius 2 is 2.25 bits per heavy atom. The molecular formula is C16H21N7O. The van der Waals surface area contributed by atoms with Gasteiger partial charge in [0.15, 0.2) is 0 Å². The summed E-state index contributed by atoms with van der Waals surface area (Å²) in [6.45, 7) is 3.86. The molecule has 1 saturated heterocycles. The number of aryl methyl sites for hydroxylation is 1. The summed E-state index contributed by atoms with van der Waals surface area (Å²) in [5.74, 6) is 2.02. The van der Waals surface area contributed by atoms with E-state index in [9.17, 15) is 4.79 Å². The van der Waals surface area contributed by atoms with Crippen LogP contribution < -0.4 is 11.1 Å². The number of aromatic nitrogens is 4. The van der Waals surface area contributed by atoms with E-state index in [2.05, 4.69) is 30.2 Å². The summed E-state index contributed by atoms with van der Waals surface area (Å²) in [5.41, 5.74) is 6.19. The van der Waals surface area contributed by atoms with Gasteiger partial charge in [-0.15, -0.1) is 0 Å². The van der Waals surface area contributed by atoms with Crippen molar-refractivity contribution in [2.45, 2.75) is 25.7 Å². The first-order valence-corrected chi connectivity index (χ1v) is 7.99. The topological polar surface area (TPSA) is 110 Å². The van der Waals surface area contributed by atoms with Crippen molar-refractivity contribution in [3.8, 4) is 0 Å². The van der Waals surface area contributed by atoms with E-state index in [0.29, 0.717) is 11.6 Å². The van der Waals surface area contributed by atoms with Crippen molar-refractivity contribution in [1.29, 1.82) is 0 Å². The molecule has 8 nitrogen and oxygen atoms in total. The van der Waals surface area contributed by atoms with Gasteiger partial charge < -0.3 is 11.1 Å². The van der Waals surface area contributed by atoms with Crippen LogP contribution in [0.5, 0.6) is 0 Å². The van der Waals surface area contributed by atoms with E-state index in [1.807, 2.05) is 13.0 Å². The van der Waals surface area contributed by atoms with E-state index < -0.39 is 0 Å². The number of anilines is 2. The average molecular weight is 327 g/mol. The number of nitrogens with zero attached hydrogens (tertiary/aromatic N) is 5. The fourth-order valence-electron chi connectivity index (χ4n) is 2.96. The Labute approximate surface area is 140 Å². The fraction of sp³-hybridized carbons (Fsp3) is 0.438. The first-order chi connectivity index (χ1) is 11.6. The molecule has 0 unspecified atom stereocenters. The molecule has 0 bridgehead atoms. The number of amides is 1. The third-order valence-corrected chi connectivity index (χ3v) is 3.94. The predicted molar refractivity (Wildman–Crippen MR) is 89.7 cm³/mol. The minimum absolute atomic E-state index is 0.195. The molecule has 24 heavy (non-hydrogen) atoms. The Morgan fingerprint density at radius 3 is 3.00 bits per heavy atom. The molecule has 2 aromatic heterocycles. The van der Waals surface area contributed by atoms with Crippen LogP contribution in [-0.4, -0.2) is 50.4 Å². The second kappa shape index (κ2) is 7.31. The number of nitrogens with two attached hydrogens (primary N) is 1. The predicted octanol–water partition coefficient (Wildman–Crippen LogP) is 0.983. The highest BCUT2D eigenvalue weighted by Gasteiger charge is 2.24. The van der Waals surface area contributed by atoms with Gasteiger partial charge >= 0.3 is 0 Å². The molecule has 0 saturated carbocycles. The summed E-state index contributed by atoms with van der Waals surface area (Å²) in [4.78, 5) is 30.7. The van der Waals surface area contributed by atoms with Gasteiger partial charge in [-0.05, 0) is 26.3 Å². The quantitative estimate of drug-likeness (QED) is 0.842. The normalized spacial score (nSPS) is 18.3. The fourth-order valence-corrected chi connectivity index (χ4v) is 2.96. The zero-order valence-corrected chi connectivity index (χ0v) is 13.6. The molecule has 1 aliphatic rings. The molecule has 3 rings (SSSR count). The molecule has 1 fully saturated rings. The summed E-state index contributed by atoms with van der Waals surface area (Å²) in [7, 11) is 0. The van der Waals surface area contributed by atoms with E-state index in [-0.39, 0.29) is 18.4 Å². The van der Waals surface area contributed by atoms with Crippen molar-refractivity contribution in [2.75, 3.05) is 25.0 Å². The molecule has 0 radical (unpaired) electrons. The first-order valence-electron chi connectivity index (χ1n) is 7.99. The van der Waals surface area contributed by atoms with Gasteiger partial charge in [0.2, 0.25) is 5.91 Å². The van der Waals surface area contributed by atoms with Crippen LogP contribution in [0.4, 0.5) is 11.6 Å². The van der Waals surface area contributed by atoms with E-state index in [0.717, 1.165) is 37.4 Å². The van der Waals surface area contributed by atoms with Crippen molar-refractivity contribution in [2.24, 2.45) is 5.73 Å². The Bertz CT molecular complexity index is 707. The van der Waals surface area contributed by atoms with Crippen molar-refractivity contribution in [3.05, 3.63) is 36.2 Å². The van der Waals surface area contributed by atoms with Crippen LogP contribution in [0.1, 0.15) is 30.3 Å². The molecule has 1 atom stereocenters. The van der Waals surface area contributed by atoms with Gasteiger partial charge in [-0.1, -0.05) is 0 Å². The van der Waals surface area contributed by atoms with E-state index in [4.69, 9.17) is 5.73 Å². The van der Waals surface area contributed by atoms with Crippen LogP contribution in [0.15, 0.2) is 24.7 Å². The lowest BCUT2D eigenvalue weighted by molar-refractivity contribution is -0.119. The van der Waals surface area contributed by atoms with Gasteiger partial charge in [-0.25, -0.2) is 15.0 Å². The average Bonchev–Trinajstić information content (AvgIpc) is 2.55. The number of likely N-dealkylation sites (tertiary alicyclic amines) is 1. The Morgan fingerprint density at radius 1 is 1.38 bits per heavy atom. The molecule has 3 N–H and O–H groups in total. The lowest BCUT2D eigenvalue weighted by atomic mass is 9.97. The minimum Gasteiger partial charge on any atom is -0.369 e. The van der Waals surface area contributed by atoms with Gasteiger partial charge in [0.1, 0.15) is 17.5 Å². The molecule has 8 heteroatoms. The van der Waals surface area contributed by atoms with E-state index in [1.54, 1.807) is 18.6 Å². The van der Waals surface area contributed by atoms with Crippen molar-refractivity contribution in [1.82, 2.24) is 24.8 Å². The van der Waals surface area contributed by atoms with E-state index >= 15 is 0 Å². The van der Waals surface area contributed by atoms with E-state index in [1.165, 1.54) is 0 Å². The third-order valence-electron chi connectivity index (χ3n) is 3.94. The second-order valence-corrected chi connectivity index (χ2v) is 6.01. The minimum atomic E-state index is -0.300. The van der Waals surface area contributed by atoms with Crippen LogP contribution in [0, 0.1) is 6.92 Å². The molecule has 3 heterocycles. The monoisotopic (exact) mass is 327 g/mol. The van der Waals surface area contributed by atoms with Crippen LogP contribution in [0.25, 0.3) is 0 Å².